The molecule has 2 N–H and O–H groups in total. The summed E-state index contributed by atoms with van der Waals surface area (Å²) in [5, 5.41) is 5.65. The Morgan fingerprint density at radius 1 is 1.25 bits per heavy atom. The molecule has 4 heterocycles. The lowest BCUT2D eigenvalue weighted by Gasteiger charge is -2.14. The molecule has 0 spiro atoms. The van der Waals surface area contributed by atoms with Crippen LogP contribution in [0, 0.1) is 0 Å². The van der Waals surface area contributed by atoms with Crippen molar-refractivity contribution in [3.63, 3.8) is 0 Å². The molecule has 142 valence electrons. The fraction of sp³-hybridized carbons (Fsp3) is 0.300. The van der Waals surface area contributed by atoms with Gasteiger partial charge in [0.25, 0.3) is 5.91 Å². The third-order valence-electron chi connectivity index (χ3n) is 5.23. The van der Waals surface area contributed by atoms with Crippen molar-refractivity contribution in [2.45, 2.75) is 18.9 Å². The van der Waals surface area contributed by atoms with Crippen molar-refractivity contribution in [2.24, 2.45) is 5.73 Å². The normalized spacial score (nSPS) is 17.0. The molecule has 8 heteroatoms. The maximum absolute atomic E-state index is 12.9. The van der Waals surface area contributed by atoms with E-state index in [0.29, 0.717) is 31.9 Å². The molecular weight excluding hydrogens is 356 g/mol. The average molecular weight is 376 g/mol. The average Bonchev–Trinajstić information content (AvgIpc) is 3.44. The summed E-state index contributed by atoms with van der Waals surface area (Å²) in [5.41, 5.74) is 8.84. The predicted octanol–water partition coefficient (Wildman–Crippen LogP) is 2.16. The molecule has 1 amide bonds. The van der Waals surface area contributed by atoms with Crippen molar-refractivity contribution in [3.05, 3.63) is 54.2 Å². The Kier molecular flexibility index (Phi) is 4.05. The van der Waals surface area contributed by atoms with Crippen molar-refractivity contribution in [2.75, 3.05) is 19.6 Å². The summed E-state index contributed by atoms with van der Waals surface area (Å²) in [4.78, 5) is 23.6. The Balaban J connectivity index is 1.41. The van der Waals surface area contributed by atoms with E-state index >= 15 is 0 Å². The van der Waals surface area contributed by atoms with E-state index in [0.717, 1.165) is 34.2 Å². The summed E-state index contributed by atoms with van der Waals surface area (Å²) in [5.74, 6) is 0.405. The van der Waals surface area contributed by atoms with Crippen molar-refractivity contribution in [1.29, 1.82) is 0 Å². The summed E-state index contributed by atoms with van der Waals surface area (Å²) in [6.07, 6.45) is 4.16. The van der Waals surface area contributed by atoms with Gasteiger partial charge in [0.2, 0.25) is 0 Å². The smallest absolute Gasteiger partial charge is 0.289 e. The van der Waals surface area contributed by atoms with E-state index in [9.17, 15) is 4.79 Å². The summed E-state index contributed by atoms with van der Waals surface area (Å²) < 4.78 is 7.55. The lowest BCUT2D eigenvalue weighted by molar-refractivity contribution is 0.0761. The van der Waals surface area contributed by atoms with Crippen molar-refractivity contribution >= 4 is 28.0 Å². The van der Waals surface area contributed by atoms with Crippen molar-refractivity contribution < 1.29 is 9.21 Å². The molecule has 0 bridgehead atoms. The highest BCUT2D eigenvalue weighted by molar-refractivity contribution is 5.96. The molecule has 1 aliphatic heterocycles. The standard InChI is InChI=1S/C20H20N6O2/c21-6-10-26-19-18(22-7-8-23-19)17(24-26)14-5-9-25(12-14)20(27)16-11-13-3-1-2-4-15(13)28-16/h1-4,7-8,11,14H,5-6,9-10,12,21H2/t14-/m1/s1. The Morgan fingerprint density at radius 2 is 2.11 bits per heavy atom. The molecule has 28 heavy (non-hydrogen) atoms. The van der Waals surface area contributed by atoms with E-state index in [4.69, 9.17) is 15.2 Å². The van der Waals surface area contributed by atoms with Gasteiger partial charge in [0.1, 0.15) is 11.1 Å². The number of carbonyl (C=O) groups is 1. The van der Waals surface area contributed by atoms with E-state index in [1.807, 2.05) is 35.2 Å². The molecule has 1 aliphatic rings. The van der Waals surface area contributed by atoms with Crippen LogP contribution in [0.1, 0.15) is 28.6 Å². The minimum atomic E-state index is -0.0875. The number of fused-ring (bicyclic) bond motifs is 2. The lowest BCUT2D eigenvalue weighted by Crippen LogP contribution is -2.28. The minimum Gasteiger partial charge on any atom is -0.451 e. The Morgan fingerprint density at radius 3 is 2.96 bits per heavy atom. The molecule has 1 saturated heterocycles. The zero-order chi connectivity index (χ0) is 19.1. The zero-order valence-electron chi connectivity index (χ0n) is 15.3. The molecule has 0 radical (unpaired) electrons. The summed E-state index contributed by atoms with van der Waals surface area (Å²) in [6.45, 7) is 2.31. The Hall–Kier alpha value is -3.26. The van der Waals surface area contributed by atoms with Gasteiger partial charge in [-0.15, -0.1) is 0 Å². The van der Waals surface area contributed by atoms with Gasteiger partial charge in [-0.05, 0) is 18.6 Å². The first-order chi connectivity index (χ1) is 13.7. The van der Waals surface area contributed by atoms with Crippen LogP contribution in [0.2, 0.25) is 0 Å². The van der Waals surface area contributed by atoms with Crippen LogP contribution < -0.4 is 5.73 Å². The largest absolute Gasteiger partial charge is 0.451 e. The molecule has 5 rings (SSSR count). The van der Waals surface area contributed by atoms with E-state index in [2.05, 4.69) is 9.97 Å². The third-order valence-corrected chi connectivity index (χ3v) is 5.23. The zero-order valence-corrected chi connectivity index (χ0v) is 15.3. The highest BCUT2D eigenvalue weighted by Crippen LogP contribution is 2.31. The number of hydrogen-bond donors (Lipinski definition) is 1. The molecular formula is C20H20N6O2. The number of benzene rings is 1. The summed E-state index contributed by atoms with van der Waals surface area (Å²) in [7, 11) is 0. The van der Waals surface area contributed by atoms with Gasteiger partial charge >= 0.3 is 0 Å². The first-order valence-electron chi connectivity index (χ1n) is 9.40. The second-order valence-electron chi connectivity index (χ2n) is 7.01. The van der Waals surface area contributed by atoms with Gasteiger partial charge in [0.05, 0.1) is 12.2 Å². The van der Waals surface area contributed by atoms with Crippen molar-refractivity contribution in [1.82, 2.24) is 24.6 Å². The fourth-order valence-electron chi connectivity index (χ4n) is 3.89. The molecule has 0 saturated carbocycles. The number of nitrogens with zero attached hydrogens (tertiary/aromatic N) is 5. The third kappa shape index (κ3) is 2.73. The van der Waals surface area contributed by atoms with Gasteiger partial charge in [-0.2, -0.15) is 5.10 Å². The Labute approximate surface area is 161 Å². The number of carbonyl (C=O) groups excluding carboxylic acids is 1. The van der Waals surface area contributed by atoms with Crippen LogP contribution in [0.3, 0.4) is 0 Å². The molecule has 3 aromatic heterocycles. The summed E-state index contributed by atoms with van der Waals surface area (Å²) in [6, 6.07) is 9.45. The van der Waals surface area contributed by atoms with Gasteiger partial charge in [0.15, 0.2) is 11.4 Å². The van der Waals surface area contributed by atoms with Gasteiger partial charge in [-0.3, -0.25) is 4.79 Å². The first-order valence-corrected chi connectivity index (χ1v) is 9.40. The van der Waals surface area contributed by atoms with Crippen LogP contribution in [0.4, 0.5) is 0 Å². The van der Waals surface area contributed by atoms with E-state index in [1.54, 1.807) is 17.1 Å². The number of nitrogens with two attached hydrogens (primary N) is 1. The number of likely N-dealkylation sites (tertiary alicyclic amines) is 1. The van der Waals surface area contributed by atoms with Gasteiger partial charge in [-0.1, -0.05) is 18.2 Å². The molecule has 8 nitrogen and oxygen atoms in total. The molecule has 4 aromatic rings. The van der Waals surface area contributed by atoms with Crippen LogP contribution in [0.5, 0.6) is 0 Å². The maximum Gasteiger partial charge on any atom is 0.289 e. The quantitative estimate of drug-likeness (QED) is 0.585. The number of amides is 1. The van der Waals surface area contributed by atoms with Crippen LogP contribution in [-0.4, -0.2) is 50.2 Å². The van der Waals surface area contributed by atoms with E-state index < -0.39 is 0 Å². The van der Waals surface area contributed by atoms with Crippen LogP contribution in [0.25, 0.3) is 22.1 Å². The number of para-hydroxylation sites is 1. The monoisotopic (exact) mass is 376 g/mol. The topological polar surface area (TPSA) is 103 Å². The molecule has 0 unspecified atom stereocenters. The van der Waals surface area contributed by atoms with Gasteiger partial charge < -0.3 is 15.1 Å². The predicted molar refractivity (Wildman–Crippen MR) is 104 cm³/mol. The molecule has 1 fully saturated rings. The van der Waals surface area contributed by atoms with Crippen LogP contribution in [0.15, 0.2) is 47.1 Å². The highest BCUT2D eigenvalue weighted by atomic mass is 16.3. The number of furan rings is 1. The Bertz CT molecular complexity index is 1130. The van der Waals surface area contributed by atoms with Crippen LogP contribution >= 0.6 is 0 Å². The van der Waals surface area contributed by atoms with Gasteiger partial charge in [-0.25, -0.2) is 14.6 Å². The maximum atomic E-state index is 12.9. The molecule has 1 atom stereocenters. The fourth-order valence-corrected chi connectivity index (χ4v) is 3.89. The van der Waals surface area contributed by atoms with Gasteiger partial charge in [0, 0.05) is 43.3 Å². The second-order valence-corrected chi connectivity index (χ2v) is 7.01. The number of aromatic nitrogens is 4. The second kappa shape index (κ2) is 6.72. The van der Waals surface area contributed by atoms with E-state index in [-0.39, 0.29) is 11.8 Å². The van der Waals surface area contributed by atoms with Crippen LogP contribution in [-0.2, 0) is 6.54 Å². The number of hydrogen-bond acceptors (Lipinski definition) is 6. The highest BCUT2D eigenvalue weighted by Gasteiger charge is 2.33. The summed E-state index contributed by atoms with van der Waals surface area (Å²) >= 11 is 0. The first kappa shape index (κ1) is 16.9. The SMILES string of the molecule is NCCn1nc([C@@H]2CCN(C(=O)c3cc4ccccc4o3)C2)c2nccnc21. The molecule has 0 aliphatic carbocycles. The minimum absolute atomic E-state index is 0.0875. The van der Waals surface area contributed by atoms with Crippen molar-refractivity contribution in [3.8, 4) is 0 Å². The lowest BCUT2D eigenvalue weighted by atomic mass is 10.0. The molecule has 1 aromatic carbocycles. The number of rotatable bonds is 4. The van der Waals surface area contributed by atoms with E-state index in [1.165, 1.54) is 0 Å².